The third kappa shape index (κ3) is 4.12. The van der Waals surface area contributed by atoms with Crippen molar-refractivity contribution in [2.45, 2.75) is 62.0 Å². The van der Waals surface area contributed by atoms with Crippen molar-refractivity contribution in [3.05, 3.63) is 5.01 Å². The fraction of sp³-hybridized carbons (Fsp3) is 0.750. The maximum Gasteiger partial charge on any atom is 0.315 e. The highest BCUT2D eigenvalue weighted by Crippen LogP contribution is 2.33. The number of hydrogen-bond donors (Lipinski definition) is 3. The Kier molecular flexibility index (Phi) is 5.60. The van der Waals surface area contributed by atoms with E-state index in [1.54, 1.807) is 0 Å². The van der Waals surface area contributed by atoms with Crippen molar-refractivity contribution in [2.75, 3.05) is 17.7 Å². The molecule has 3 aliphatic heterocycles. The van der Waals surface area contributed by atoms with Crippen molar-refractivity contribution < 1.29 is 14.3 Å². The minimum Gasteiger partial charge on any atom is -0.371 e. The number of carbonyl (C=O) groups is 2. The fourth-order valence-electron chi connectivity index (χ4n) is 3.64. The maximum absolute atomic E-state index is 12.1. The molecule has 4 heterocycles. The molecular formula is C16H23N5O3S2. The first kappa shape index (κ1) is 18.0. The average molecular weight is 398 g/mol. The monoisotopic (exact) mass is 397 g/mol. The Bertz CT molecular complexity index is 664. The van der Waals surface area contributed by atoms with Gasteiger partial charge in [-0.15, -0.1) is 10.2 Å². The van der Waals surface area contributed by atoms with Gasteiger partial charge in [0.05, 0.1) is 12.1 Å². The molecular weight excluding hydrogens is 374 g/mol. The third-order valence-corrected chi connectivity index (χ3v) is 7.41. The van der Waals surface area contributed by atoms with Crippen molar-refractivity contribution in [1.29, 1.82) is 0 Å². The van der Waals surface area contributed by atoms with Gasteiger partial charge in [-0.05, 0) is 25.7 Å². The molecule has 142 valence electrons. The number of urea groups is 1. The summed E-state index contributed by atoms with van der Waals surface area (Å²) in [5.41, 5.74) is 0. The van der Waals surface area contributed by atoms with Crippen LogP contribution >= 0.6 is 23.1 Å². The third-order valence-electron chi connectivity index (χ3n) is 4.97. The lowest BCUT2D eigenvalue weighted by Crippen LogP contribution is -2.36. The number of carbonyl (C=O) groups excluding carboxylic acids is 2. The summed E-state index contributed by atoms with van der Waals surface area (Å²) in [6.45, 7) is 0.770. The Morgan fingerprint density at radius 1 is 1.31 bits per heavy atom. The van der Waals surface area contributed by atoms with Crippen LogP contribution in [0, 0.1) is 0 Å². The van der Waals surface area contributed by atoms with Gasteiger partial charge in [0.1, 0.15) is 11.1 Å². The van der Waals surface area contributed by atoms with E-state index in [9.17, 15) is 9.59 Å². The van der Waals surface area contributed by atoms with Gasteiger partial charge in [0.15, 0.2) is 0 Å². The summed E-state index contributed by atoms with van der Waals surface area (Å²) in [5, 5.41) is 18.8. The molecule has 3 amide bonds. The van der Waals surface area contributed by atoms with E-state index in [4.69, 9.17) is 4.74 Å². The second-order valence-corrected chi connectivity index (χ2v) is 9.14. The topological polar surface area (TPSA) is 105 Å². The van der Waals surface area contributed by atoms with Gasteiger partial charge in [-0.3, -0.25) is 4.79 Å². The molecule has 0 unspecified atom stereocenters. The molecule has 0 saturated carbocycles. The Morgan fingerprint density at radius 2 is 2.23 bits per heavy atom. The zero-order valence-electron chi connectivity index (χ0n) is 14.4. The first-order valence-electron chi connectivity index (χ1n) is 9.12. The summed E-state index contributed by atoms with van der Waals surface area (Å²) in [6, 6.07) is 0.444. The van der Waals surface area contributed by atoms with Crippen molar-refractivity contribution in [3.63, 3.8) is 0 Å². The number of rotatable bonds is 7. The first-order chi connectivity index (χ1) is 12.7. The Hall–Kier alpha value is -1.39. The van der Waals surface area contributed by atoms with Crippen LogP contribution in [-0.4, -0.2) is 51.8 Å². The molecule has 1 aromatic rings. The molecule has 3 saturated heterocycles. The van der Waals surface area contributed by atoms with Crippen LogP contribution in [0.2, 0.25) is 0 Å². The summed E-state index contributed by atoms with van der Waals surface area (Å²) in [6.07, 6.45) is 5.36. The van der Waals surface area contributed by atoms with Crippen LogP contribution in [0.1, 0.15) is 49.6 Å². The van der Waals surface area contributed by atoms with Crippen LogP contribution in [0.3, 0.4) is 0 Å². The molecule has 3 N–H and O–H groups in total. The number of nitrogens with one attached hydrogen (secondary N) is 3. The number of ether oxygens (including phenoxy) is 1. The van der Waals surface area contributed by atoms with Gasteiger partial charge in [0.25, 0.3) is 0 Å². The van der Waals surface area contributed by atoms with E-state index in [0.29, 0.717) is 16.8 Å². The Balaban J connectivity index is 1.15. The average Bonchev–Trinajstić information content (AvgIpc) is 3.36. The van der Waals surface area contributed by atoms with Gasteiger partial charge in [0.2, 0.25) is 11.0 Å². The zero-order chi connectivity index (χ0) is 17.9. The van der Waals surface area contributed by atoms with E-state index in [1.807, 2.05) is 11.8 Å². The molecule has 10 heteroatoms. The summed E-state index contributed by atoms with van der Waals surface area (Å²) < 4.78 is 5.58. The minimum atomic E-state index is -0.0518. The number of hydrogen-bond acceptors (Lipinski definition) is 7. The molecule has 26 heavy (non-hydrogen) atoms. The predicted molar refractivity (Wildman–Crippen MR) is 100 cm³/mol. The van der Waals surface area contributed by atoms with E-state index < -0.39 is 0 Å². The number of unbranched alkanes of at least 4 members (excludes halogenated alkanes) is 1. The SMILES string of the molecule is O=C(CCCC[C@H]1SC[C@@H]2NC(=O)N[C@H]21)Nc1nnc([C@@H]2CCCO2)s1. The number of anilines is 1. The Morgan fingerprint density at radius 3 is 3.08 bits per heavy atom. The van der Waals surface area contributed by atoms with Crippen molar-refractivity contribution in [1.82, 2.24) is 20.8 Å². The summed E-state index contributed by atoms with van der Waals surface area (Å²) in [5.74, 6) is 0.950. The fourth-order valence-corrected chi connectivity index (χ4v) is 6.03. The van der Waals surface area contributed by atoms with Crippen molar-refractivity contribution >= 4 is 40.2 Å². The molecule has 1 aromatic heterocycles. The molecule has 4 atom stereocenters. The smallest absolute Gasteiger partial charge is 0.315 e. The number of thioether (sulfide) groups is 1. The molecule has 4 rings (SSSR count). The molecule has 0 aromatic carbocycles. The highest BCUT2D eigenvalue weighted by Gasteiger charge is 2.42. The molecule has 3 fully saturated rings. The second-order valence-electron chi connectivity index (χ2n) is 6.86. The molecule has 3 aliphatic rings. The van der Waals surface area contributed by atoms with Gasteiger partial charge in [-0.25, -0.2) is 4.79 Å². The number of nitrogens with zero attached hydrogens (tertiary/aromatic N) is 2. The summed E-state index contributed by atoms with van der Waals surface area (Å²) in [7, 11) is 0. The van der Waals surface area contributed by atoms with Crippen LogP contribution in [0.15, 0.2) is 0 Å². The highest BCUT2D eigenvalue weighted by atomic mass is 32.2. The lowest BCUT2D eigenvalue weighted by Gasteiger charge is -2.16. The quantitative estimate of drug-likeness (QED) is 0.480. The van der Waals surface area contributed by atoms with E-state index in [1.165, 1.54) is 11.3 Å². The van der Waals surface area contributed by atoms with E-state index in [-0.39, 0.29) is 30.1 Å². The van der Waals surface area contributed by atoms with Crippen molar-refractivity contribution in [2.24, 2.45) is 0 Å². The van der Waals surface area contributed by atoms with E-state index in [0.717, 1.165) is 49.5 Å². The van der Waals surface area contributed by atoms with Gasteiger partial charge in [0, 0.05) is 24.0 Å². The number of fused-ring (bicyclic) bond motifs is 1. The van der Waals surface area contributed by atoms with Gasteiger partial charge in [-0.1, -0.05) is 17.8 Å². The minimum absolute atomic E-state index is 0.0205. The molecule has 0 bridgehead atoms. The van der Waals surface area contributed by atoms with Crippen LogP contribution in [0.5, 0.6) is 0 Å². The normalized spacial score (nSPS) is 30.1. The molecule has 0 radical (unpaired) electrons. The van der Waals surface area contributed by atoms with E-state index in [2.05, 4.69) is 26.1 Å². The summed E-state index contributed by atoms with van der Waals surface area (Å²) >= 11 is 3.31. The van der Waals surface area contributed by atoms with E-state index >= 15 is 0 Å². The number of aromatic nitrogens is 2. The van der Waals surface area contributed by atoms with Crippen LogP contribution in [0.4, 0.5) is 9.93 Å². The standard InChI is InChI=1S/C16H23N5O3S2/c22-12(18-16-21-20-14(26-16)10-4-3-7-24-10)6-2-1-5-11-13-9(8-25-11)17-15(23)19-13/h9-11,13H,1-8H2,(H2,17,19,23)(H,18,21,22)/t9-,10-,11+,13+/m0/s1. The summed E-state index contributed by atoms with van der Waals surface area (Å²) in [4.78, 5) is 23.5. The lowest BCUT2D eigenvalue weighted by molar-refractivity contribution is -0.116. The molecule has 0 spiro atoms. The second kappa shape index (κ2) is 8.10. The first-order valence-corrected chi connectivity index (χ1v) is 11.0. The van der Waals surface area contributed by atoms with Crippen molar-refractivity contribution in [3.8, 4) is 0 Å². The lowest BCUT2D eigenvalue weighted by atomic mass is 10.0. The Labute approximate surface area is 160 Å². The maximum atomic E-state index is 12.1. The van der Waals surface area contributed by atoms with Gasteiger partial charge in [-0.2, -0.15) is 11.8 Å². The van der Waals surface area contributed by atoms with Crippen LogP contribution in [0.25, 0.3) is 0 Å². The van der Waals surface area contributed by atoms with Gasteiger partial charge >= 0.3 is 6.03 Å². The van der Waals surface area contributed by atoms with Gasteiger partial charge < -0.3 is 20.7 Å². The largest absolute Gasteiger partial charge is 0.371 e. The molecule has 0 aliphatic carbocycles. The van der Waals surface area contributed by atoms with Crippen LogP contribution in [-0.2, 0) is 9.53 Å². The van der Waals surface area contributed by atoms with Crippen LogP contribution < -0.4 is 16.0 Å². The highest BCUT2D eigenvalue weighted by molar-refractivity contribution is 8.00. The number of amides is 3. The molecule has 8 nitrogen and oxygen atoms in total. The predicted octanol–water partition coefficient (Wildman–Crippen LogP) is 2.05. The zero-order valence-corrected chi connectivity index (χ0v) is 16.0.